The maximum Gasteiger partial charge on any atom is 0.340 e. The van der Waals surface area contributed by atoms with Crippen LogP contribution in [0, 0.1) is 5.92 Å². The first-order chi connectivity index (χ1) is 10.5. The van der Waals surface area contributed by atoms with E-state index >= 15 is 0 Å². The van der Waals surface area contributed by atoms with Crippen LogP contribution in [0.4, 0.5) is 0 Å². The maximum absolute atomic E-state index is 12.3. The van der Waals surface area contributed by atoms with E-state index in [1.807, 2.05) is 18.2 Å². The Hall–Kier alpha value is -2.43. The molecule has 5 heteroatoms. The van der Waals surface area contributed by atoms with Crippen molar-refractivity contribution in [2.75, 3.05) is 0 Å². The van der Waals surface area contributed by atoms with Gasteiger partial charge in [0.15, 0.2) is 0 Å². The van der Waals surface area contributed by atoms with Gasteiger partial charge in [-0.15, -0.1) is 0 Å². The molecule has 2 aromatic rings. The fourth-order valence-electron chi connectivity index (χ4n) is 2.14. The van der Waals surface area contributed by atoms with E-state index in [-0.39, 0.29) is 5.56 Å². The molecule has 2 rings (SSSR count). The second-order valence-electron chi connectivity index (χ2n) is 5.65. The molecule has 2 aromatic heterocycles. The van der Waals surface area contributed by atoms with Crippen LogP contribution in [0.5, 0.6) is 0 Å². The van der Waals surface area contributed by atoms with Crippen molar-refractivity contribution in [3.05, 3.63) is 64.3 Å². The molecule has 116 valence electrons. The van der Waals surface area contributed by atoms with Crippen molar-refractivity contribution in [1.29, 1.82) is 0 Å². The molecule has 0 unspecified atom stereocenters. The van der Waals surface area contributed by atoms with Crippen molar-refractivity contribution >= 4 is 5.97 Å². The van der Waals surface area contributed by atoms with Gasteiger partial charge in [-0.3, -0.25) is 9.78 Å². The summed E-state index contributed by atoms with van der Waals surface area (Å²) in [5.41, 5.74) is 0.918. The average molecular weight is 300 g/mol. The van der Waals surface area contributed by atoms with E-state index in [4.69, 9.17) is 4.74 Å². The zero-order chi connectivity index (χ0) is 16.1. The first-order valence-electron chi connectivity index (χ1n) is 7.26. The minimum atomic E-state index is -0.452. The molecule has 0 saturated heterocycles. The Morgan fingerprint density at radius 1 is 1.27 bits per heavy atom. The van der Waals surface area contributed by atoms with Crippen LogP contribution in [-0.4, -0.2) is 15.5 Å². The van der Waals surface area contributed by atoms with Gasteiger partial charge >= 0.3 is 5.97 Å². The van der Waals surface area contributed by atoms with Crippen LogP contribution < -0.4 is 5.56 Å². The number of carbonyl (C=O) groups is 1. The van der Waals surface area contributed by atoms with Crippen LogP contribution in [0.1, 0.15) is 42.4 Å². The molecule has 5 nitrogen and oxygen atoms in total. The molecule has 1 atom stereocenters. The fraction of sp³-hybridized carbons (Fsp3) is 0.353. The number of aryl methyl sites for hydroxylation is 1. The topological polar surface area (TPSA) is 61.2 Å². The summed E-state index contributed by atoms with van der Waals surface area (Å²) >= 11 is 0. The number of pyridine rings is 2. The SMILES string of the molecule is CC(C)C[C@H](OC(=O)c1ccc(=O)n(C)c1)c1ccccn1. The molecule has 0 fully saturated rings. The largest absolute Gasteiger partial charge is 0.452 e. The third kappa shape index (κ3) is 4.04. The molecule has 0 saturated carbocycles. The predicted molar refractivity (Wildman–Crippen MR) is 83.5 cm³/mol. The molecule has 22 heavy (non-hydrogen) atoms. The number of carbonyl (C=O) groups excluding carboxylic acids is 1. The number of rotatable bonds is 5. The van der Waals surface area contributed by atoms with Gasteiger partial charge in [-0.05, 0) is 30.5 Å². The van der Waals surface area contributed by atoms with Crippen LogP contribution in [0.15, 0.2) is 47.5 Å². The third-order valence-electron chi connectivity index (χ3n) is 3.27. The van der Waals surface area contributed by atoms with E-state index in [2.05, 4.69) is 18.8 Å². The number of hydrogen-bond donors (Lipinski definition) is 0. The van der Waals surface area contributed by atoms with Crippen molar-refractivity contribution in [1.82, 2.24) is 9.55 Å². The number of hydrogen-bond acceptors (Lipinski definition) is 4. The summed E-state index contributed by atoms with van der Waals surface area (Å²) in [6, 6.07) is 8.38. The Morgan fingerprint density at radius 2 is 2.05 bits per heavy atom. The van der Waals surface area contributed by atoms with Gasteiger partial charge in [-0.25, -0.2) is 4.79 Å². The molecular formula is C17H20N2O3. The molecule has 0 aliphatic rings. The fourth-order valence-corrected chi connectivity index (χ4v) is 2.14. The van der Waals surface area contributed by atoms with Crippen molar-refractivity contribution < 1.29 is 9.53 Å². The second-order valence-corrected chi connectivity index (χ2v) is 5.65. The molecule has 0 aliphatic heterocycles. The highest BCUT2D eigenvalue weighted by Gasteiger charge is 2.20. The van der Waals surface area contributed by atoms with E-state index in [1.165, 1.54) is 22.9 Å². The summed E-state index contributed by atoms with van der Waals surface area (Å²) in [6.45, 7) is 4.13. The first-order valence-corrected chi connectivity index (χ1v) is 7.26. The summed E-state index contributed by atoms with van der Waals surface area (Å²) in [4.78, 5) is 28.0. The van der Waals surface area contributed by atoms with Crippen LogP contribution in [0.3, 0.4) is 0 Å². The molecular weight excluding hydrogens is 280 g/mol. The lowest BCUT2D eigenvalue weighted by Crippen LogP contribution is -2.19. The number of ether oxygens (including phenoxy) is 1. The van der Waals surface area contributed by atoms with Crippen molar-refractivity contribution in [2.24, 2.45) is 13.0 Å². The van der Waals surface area contributed by atoms with E-state index in [0.717, 1.165) is 5.69 Å². The van der Waals surface area contributed by atoms with Crippen LogP contribution in [-0.2, 0) is 11.8 Å². The van der Waals surface area contributed by atoms with Gasteiger partial charge in [0.1, 0.15) is 6.10 Å². The van der Waals surface area contributed by atoms with E-state index in [1.54, 1.807) is 13.2 Å². The highest BCUT2D eigenvalue weighted by Crippen LogP contribution is 2.24. The Balaban J connectivity index is 2.21. The summed E-state index contributed by atoms with van der Waals surface area (Å²) in [6.07, 6.45) is 3.46. The number of aromatic nitrogens is 2. The highest BCUT2D eigenvalue weighted by atomic mass is 16.5. The summed E-state index contributed by atoms with van der Waals surface area (Å²) in [5, 5.41) is 0. The van der Waals surface area contributed by atoms with E-state index in [9.17, 15) is 9.59 Å². The van der Waals surface area contributed by atoms with Crippen LogP contribution in [0.2, 0.25) is 0 Å². The van der Waals surface area contributed by atoms with Crippen LogP contribution in [0.25, 0.3) is 0 Å². The summed E-state index contributed by atoms with van der Waals surface area (Å²) < 4.78 is 6.97. The van der Waals surface area contributed by atoms with E-state index in [0.29, 0.717) is 17.9 Å². The summed E-state index contributed by atoms with van der Waals surface area (Å²) in [7, 11) is 1.60. The van der Waals surface area contributed by atoms with Gasteiger partial charge in [0.05, 0.1) is 11.3 Å². The Labute approximate surface area is 129 Å². The molecule has 0 N–H and O–H groups in total. The molecule has 2 heterocycles. The predicted octanol–water partition coefficient (Wildman–Crippen LogP) is 2.72. The number of esters is 1. The minimum Gasteiger partial charge on any atom is -0.452 e. The van der Waals surface area contributed by atoms with Crippen molar-refractivity contribution in [3.63, 3.8) is 0 Å². The third-order valence-corrected chi connectivity index (χ3v) is 3.27. The molecule has 0 aromatic carbocycles. The lowest BCUT2D eigenvalue weighted by atomic mass is 10.0. The highest BCUT2D eigenvalue weighted by molar-refractivity contribution is 5.89. The van der Waals surface area contributed by atoms with E-state index < -0.39 is 12.1 Å². The Kier molecular flexibility index (Phi) is 5.09. The molecule has 0 radical (unpaired) electrons. The molecule has 0 spiro atoms. The van der Waals surface area contributed by atoms with Gasteiger partial charge in [-0.2, -0.15) is 0 Å². The second kappa shape index (κ2) is 7.02. The smallest absolute Gasteiger partial charge is 0.340 e. The van der Waals surface area contributed by atoms with Gasteiger partial charge < -0.3 is 9.30 Å². The number of nitrogens with zero attached hydrogens (tertiary/aromatic N) is 2. The Bertz CT molecular complexity index is 693. The quantitative estimate of drug-likeness (QED) is 0.797. The van der Waals surface area contributed by atoms with Gasteiger partial charge in [0, 0.05) is 25.5 Å². The normalized spacial score (nSPS) is 12.2. The maximum atomic E-state index is 12.3. The van der Waals surface area contributed by atoms with Gasteiger partial charge in [0.2, 0.25) is 5.56 Å². The standard InChI is InChI=1S/C17H20N2O3/c1-12(2)10-15(14-6-4-5-9-18-14)22-17(21)13-7-8-16(20)19(3)11-13/h4-9,11-12,15H,10H2,1-3H3/t15-/m0/s1. The van der Waals surface area contributed by atoms with Crippen molar-refractivity contribution in [3.8, 4) is 0 Å². The van der Waals surface area contributed by atoms with Gasteiger partial charge in [-0.1, -0.05) is 19.9 Å². The van der Waals surface area contributed by atoms with Crippen LogP contribution >= 0.6 is 0 Å². The molecule has 0 aliphatic carbocycles. The summed E-state index contributed by atoms with van der Waals surface area (Å²) in [5.74, 6) is -0.0909. The molecule has 0 bridgehead atoms. The average Bonchev–Trinajstić information content (AvgIpc) is 2.49. The first kappa shape index (κ1) is 15.9. The Morgan fingerprint density at radius 3 is 2.64 bits per heavy atom. The molecule has 0 amide bonds. The zero-order valence-electron chi connectivity index (χ0n) is 13.0. The zero-order valence-corrected chi connectivity index (χ0v) is 13.0. The lowest BCUT2D eigenvalue weighted by molar-refractivity contribution is 0.0236. The monoisotopic (exact) mass is 300 g/mol. The van der Waals surface area contributed by atoms with Gasteiger partial charge in [0.25, 0.3) is 0 Å². The van der Waals surface area contributed by atoms with Crippen molar-refractivity contribution in [2.45, 2.75) is 26.4 Å². The minimum absolute atomic E-state index is 0.167. The lowest BCUT2D eigenvalue weighted by Gasteiger charge is -2.19.